The minimum Gasteiger partial charge on any atom is -0.404 e. The van der Waals surface area contributed by atoms with E-state index in [1.807, 2.05) is 12.4 Å². The zero-order valence-corrected chi connectivity index (χ0v) is 11.8. The molecule has 1 aromatic rings. The summed E-state index contributed by atoms with van der Waals surface area (Å²) >= 11 is 0. The number of aromatic nitrogens is 1. The van der Waals surface area contributed by atoms with Gasteiger partial charge in [-0.25, -0.2) is 0 Å². The third-order valence-electron chi connectivity index (χ3n) is 3.12. The number of aryl methyl sites for hydroxylation is 1. The molecule has 0 atom stereocenters. The summed E-state index contributed by atoms with van der Waals surface area (Å²) in [7, 11) is 1.76. The van der Waals surface area contributed by atoms with Crippen LogP contribution in [0.15, 0.2) is 35.1 Å². The quantitative estimate of drug-likeness (QED) is 0.811. The predicted octanol–water partition coefficient (Wildman–Crippen LogP) is 2.85. The molecule has 2 N–H and O–H groups in total. The Hall–Kier alpha value is -1.64. The summed E-state index contributed by atoms with van der Waals surface area (Å²) in [5, 5.41) is 0. The van der Waals surface area contributed by atoms with Crippen molar-refractivity contribution in [2.24, 2.45) is 10.7 Å². The maximum absolute atomic E-state index is 5.62. The van der Waals surface area contributed by atoms with E-state index in [2.05, 4.69) is 42.9 Å². The maximum atomic E-state index is 5.62. The summed E-state index contributed by atoms with van der Waals surface area (Å²) in [6.45, 7) is 6.51. The van der Waals surface area contributed by atoms with Gasteiger partial charge in [0.05, 0.1) is 0 Å². The highest BCUT2D eigenvalue weighted by atomic mass is 14.7. The molecule has 1 aromatic heterocycles. The van der Waals surface area contributed by atoms with E-state index < -0.39 is 0 Å². The van der Waals surface area contributed by atoms with Gasteiger partial charge in [0.2, 0.25) is 0 Å². The molecule has 18 heavy (non-hydrogen) atoms. The zero-order valence-electron chi connectivity index (χ0n) is 11.8. The molecule has 1 rings (SSSR count). The van der Waals surface area contributed by atoms with E-state index in [4.69, 9.17) is 5.73 Å². The highest BCUT2D eigenvalue weighted by Crippen LogP contribution is 2.29. The first-order valence-electron chi connectivity index (χ1n) is 6.32. The van der Waals surface area contributed by atoms with E-state index in [1.165, 1.54) is 5.56 Å². The largest absolute Gasteiger partial charge is 0.404 e. The third-order valence-corrected chi connectivity index (χ3v) is 3.12. The van der Waals surface area contributed by atoms with Gasteiger partial charge in [-0.15, -0.1) is 0 Å². The van der Waals surface area contributed by atoms with Crippen LogP contribution in [0.3, 0.4) is 0 Å². The number of pyridine rings is 1. The minimum absolute atomic E-state index is 0.00562. The van der Waals surface area contributed by atoms with Gasteiger partial charge in [0.1, 0.15) is 0 Å². The Kier molecular flexibility index (Phi) is 5.08. The third kappa shape index (κ3) is 3.69. The van der Waals surface area contributed by atoms with Crippen molar-refractivity contribution in [2.45, 2.75) is 39.0 Å². The number of hydrogen-bond donors (Lipinski definition) is 1. The van der Waals surface area contributed by atoms with Crippen LogP contribution < -0.4 is 5.73 Å². The Morgan fingerprint density at radius 3 is 2.61 bits per heavy atom. The molecule has 3 nitrogen and oxygen atoms in total. The van der Waals surface area contributed by atoms with Crippen LogP contribution in [0.5, 0.6) is 0 Å². The van der Waals surface area contributed by atoms with Crippen LogP contribution in [0.4, 0.5) is 0 Å². The number of aliphatic imine (C=N–C) groups is 1. The van der Waals surface area contributed by atoms with E-state index in [1.54, 1.807) is 13.2 Å². The van der Waals surface area contributed by atoms with Crippen molar-refractivity contribution < 1.29 is 0 Å². The first kappa shape index (κ1) is 14.4. The lowest BCUT2D eigenvalue weighted by atomic mass is 9.80. The Balaban J connectivity index is 2.90. The van der Waals surface area contributed by atoms with Crippen LogP contribution in [0, 0.1) is 0 Å². The highest BCUT2D eigenvalue weighted by Gasteiger charge is 2.22. The summed E-state index contributed by atoms with van der Waals surface area (Å²) in [5.41, 5.74) is 9.02. The van der Waals surface area contributed by atoms with Crippen LogP contribution in [0.1, 0.15) is 38.4 Å². The summed E-state index contributed by atoms with van der Waals surface area (Å²) in [5.74, 6) is 0. The van der Waals surface area contributed by atoms with Gasteiger partial charge in [0.25, 0.3) is 0 Å². The van der Waals surface area contributed by atoms with Crippen molar-refractivity contribution in [1.29, 1.82) is 0 Å². The van der Waals surface area contributed by atoms with Crippen molar-refractivity contribution in [3.63, 3.8) is 0 Å². The predicted molar refractivity (Wildman–Crippen MR) is 77.9 cm³/mol. The van der Waals surface area contributed by atoms with E-state index in [0.29, 0.717) is 0 Å². The molecule has 3 heteroatoms. The van der Waals surface area contributed by atoms with E-state index in [0.717, 1.165) is 24.1 Å². The van der Waals surface area contributed by atoms with Crippen molar-refractivity contribution >= 4 is 6.21 Å². The Bertz CT molecular complexity index is 428. The molecule has 0 saturated carbocycles. The topological polar surface area (TPSA) is 51.3 Å². The molecular formula is C15H23N3. The smallest absolute Gasteiger partial charge is 0.0401 e. The van der Waals surface area contributed by atoms with Crippen molar-refractivity contribution in [3.05, 3.63) is 41.4 Å². The van der Waals surface area contributed by atoms with E-state index >= 15 is 0 Å². The fourth-order valence-electron chi connectivity index (χ4n) is 1.96. The standard InChI is InChI=1S/C15H23N3/c1-5-14-7-6-13(11-18-14)15(2,3)8-12(9-16)10-17-4/h6-7,9-11H,5,8,16H2,1-4H3/b12-9-,17-10?. The van der Waals surface area contributed by atoms with Crippen LogP contribution in [-0.4, -0.2) is 18.2 Å². The SMILES string of the molecule is CCc1ccc(C(C)(C)C/C(C=NC)=C/N)cn1. The fourth-order valence-corrected chi connectivity index (χ4v) is 1.96. The lowest BCUT2D eigenvalue weighted by Crippen LogP contribution is -2.19. The molecule has 0 radical (unpaired) electrons. The van der Waals surface area contributed by atoms with Crippen LogP contribution in [0.2, 0.25) is 0 Å². The first-order valence-corrected chi connectivity index (χ1v) is 6.32. The number of nitrogens with zero attached hydrogens (tertiary/aromatic N) is 2. The molecule has 0 aliphatic heterocycles. The van der Waals surface area contributed by atoms with Crippen LogP contribution >= 0.6 is 0 Å². The number of nitrogens with two attached hydrogens (primary N) is 1. The molecule has 0 aliphatic rings. The fraction of sp³-hybridized carbons (Fsp3) is 0.467. The number of hydrogen-bond acceptors (Lipinski definition) is 3. The van der Waals surface area contributed by atoms with Crippen LogP contribution in [-0.2, 0) is 11.8 Å². The molecule has 0 bridgehead atoms. The molecule has 0 fully saturated rings. The van der Waals surface area contributed by atoms with E-state index in [-0.39, 0.29) is 5.41 Å². The molecule has 0 aliphatic carbocycles. The lowest BCUT2D eigenvalue weighted by molar-refractivity contribution is 0.525. The Labute approximate surface area is 110 Å². The van der Waals surface area contributed by atoms with Gasteiger partial charge in [-0.05, 0) is 41.7 Å². The summed E-state index contributed by atoms with van der Waals surface area (Å²) in [6.07, 6.45) is 7.24. The maximum Gasteiger partial charge on any atom is 0.0401 e. The molecule has 0 spiro atoms. The molecule has 0 aromatic carbocycles. The second-order valence-electron chi connectivity index (χ2n) is 5.08. The average Bonchev–Trinajstić information content (AvgIpc) is 2.38. The van der Waals surface area contributed by atoms with Crippen molar-refractivity contribution in [2.75, 3.05) is 7.05 Å². The van der Waals surface area contributed by atoms with Gasteiger partial charge in [-0.1, -0.05) is 26.8 Å². The molecular weight excluding hydrogens is 222 g/mol. The summed E-state index contributed by atoms with van der Waals surface area (Å²) in [6, 6.07) is 4.25. The average molecular weight is 245 g/mol. The monoisotopic (exact) mass is 245 g/mol. The minimum atomic E-state index is 0.00562. The van der Waals surface area contributed by atoms with E-state index in [9.17, 15) is 0 Å². The second-order valence-corrected chi connectivity index (χ2v) is 5.08. The summed E-state index contributed by atoms with van der Waals surface area (Å²) < 4.78 is 0. The second kappa shape index (κ2) is 6.34. The molecule has 0 amide bonds. The Morgan fingerprint density at radius 1 is 1.44 bits per heavy atom. The van der Waals surface area contributed by atoms with Gasteiger partial charge < -0.3 is 5.73 Å². The zero-order chi connectivity index (χ0) is 13.6. The molecule has 98 valence electrons. The molecule has 1 heterocycles. The first-order chi connectivity index (χ1) is 8.53. The van der Waals surface area contributed by atoms with Crippen molar-refractivity contribution in [3.8, 4) is 0 Å². The van der Waals surface area contributed by atoms with Gasteiger partial charge in [-0.2, -0.15) is 0 Å². The van der Waals surface area contributed by atoms with Gasteiger partial charge in [0.15, 0.2) is 0 Å². The van der Waals surface area contributed by atoms with Gasteiger partial charge in [-0.3, -0.25) is 9.98 Å². The van der Waals surface area contributed by atoms with Crippen molar-refractivity contribution in [1.82, 2.24) is 4.98 Å². The highest BCUT2D eigenvalue weighted by molar-refractivity contribution is 5.78. The number of rotatable bonds is 5. The van der Waals surface area contributed by atoms with Gasteiger partial charge in [0, 0.05) is 25.2 Å². The summed E-state index contributed by atoms with van der Waals surface area (Å²) in [4.78, 5) is 8.48. The lowest BCUT2D eigenvalue weighted by Gasteiger charge is -2.25. The normalized spacial score (nSPS) is 13.2. The van der Waals surface area contributed by atoms with Gasteiger partial charge >= 0.3 is 0 Å². The Morgan fingerprint density at radius 2 is 2.17 bits per heavy atom. The molecule has 0 saturated heterocycles. The van der Waals surface area contributed by atoms with Crippen LogP contribution in [0.25, 0.3) is 0 Å². The number of allylic oxidation sites excluding steroid dienone is 1. The molecule has 0 unspecified atom stereocenters.